The molecule has 0 radical (unpaired) electrons. The number of hydrogen-bond acceptors (Lipinski definition) is 4. The van der Waals surface area contributed by atoms with E-state index in [1.165, 1.54) is 0 Å². The van der Waals surface area contributed by atoms with Crippen molar-refractivity contribution in [1.29, 1.82) is 0 Å². The average Bonchev–Trinajstić information content (AvgIpc) is 3.05. The molecule has 1 amide bonds. The van der Waals surface area contributed by atoms with Crippen molar-refractivity contribution >= 4 is 5.91 Å². The van der Waals surface area contributed by atoms with Crippen molar-refractivity contribution < 1.29 is 4.79 Å². The summed E-state index contributed by atoms with van der Waals surface area (Å²) < 4.78 is 2.14. The van der Waals surface area contributed by atoms with Gasteiger partial charge in [-0.25, -0.2) is 0 Å². The third kappa shape index (κ3) is 2.82. The van der Waals surface area contributed by atoms with E-state index in [0.717, 1.165) is 49.7 Å². The van der Waals surface area contributed by atoms with Crippen molar-refractivity contribution in [2.75, 3.05) is 13.1 Å². The Morgan fingerprint density at radius 1 is 1.21 bits per heavy atom. The van der Waals surface area contributed by atoms with Gasteiger partial charge in [-0.1, -0.05) is 30.3 Å². The second-order valence-corrected chi connectivity index (χ2v) is 6.79. The predicted molar refractivity (Wildman–Crippen MR) is 91.1 cm³/mol. The van der Waals surface area contributed by atoms with Crippen LogP contribution in [0.2, 0.25) is 0 Å². The van der Waals surface area contributed by atoms with Gasteiger partial charge in [-0.15, -0.1) is 10.2 Å². The van der Waals surface area contributed by atoms with Crippen molar-refractivity contribution in [3.8, 4) is 11.4 Å². The third-order valence-corrected chi connectivity index (χ3v) is 5.07. The van der Waals surface area contributed by atoms with Crippen LogP contribution in [0.5, 0.6) is 0 Å². The molecule has 24 heavy (non-hydrogen) atoms. The highest BCUT2D eigenvalue weighted by atomic mass is 16.2. The van der Waals surface area contributed by atoms with Gasteiger partial charge in [-0.3, -0.25) is 4.79 Å². The first-order valence-corrected chi connectivity index (χ1v) is 8.72. The highest BCUT2D eigenvalue weighted by molar-refractivity contribution is 5.79. The Labute approximate surface area is 141 Å². The second-order valence-electron chi connectivity index (χ2n) is 6.79. The van der Waals surface area contributed by atoms with E-state index in [9.17, 15) is 4.79 Å². The molecule has 126 valence electrons. The summed E-state index contributed by atoms with van der Waals surface area (Å²) in [7, 11) is 0. The number of nitrogens with one attached hydrogen (secondary N) is 1. The molecule has 4 rings (SSSR count). The number of benzene rings is 1. The minimum absolute atomic E-state index is 0.143. The summed E-state index contributed by atoms with van der Waals surface area (Å²) in [4.78, 5) is 14.8. The fraction of sp³-hybridized carbons (Fsp3) is 0.500. The molecule has 0 bridgehead atoms. The van der Waals surface area contributed by atoms with Gasteiger partial charge in [0.05, 0.1) is 6.54 Å². The molecule has 1 fully saturated rings. The number of amides is 1. The molecule has 0 saturated carbocycles. The monoisotopic (exact) mass is 325 g/mol. The SMILES string of the molecule is C[C@H]1C[C@@H](C(=O)N2CCn3c(nnc3-c3ccccc3)C2)CCN1. The van der Waals surface area contributed by atoms with Crippen LogP contribution in [0.15, 0.2) is 30.3 Å². The van der Waals surface area contributed by atoms with E-state index in [1.807, 2.05) is 35.2 Å². The predicted octanol–water partition coefficient (Wildman–Crippen LogP) is 1.68. The lowest BCUT2D eigenvalue weighted by Crippen LogP contribution is -2.46. The van der Waals surface area contributed by atoms with E-state index in [0.29, 0.717) is 12.6 Å². The van der Waals surface area contributed by atoms with Crippen LogP contribution in [0, 0.1) is 5.92 Å². The van der Waals surface area contributed by atoms with E-state index in [1.54, 1.807) is 0 Å². The van der Waals surface area contributed by atoms with Crippen LogP contribution in [-0.4, -0.2) is 44.7 Å². The molecule has 3 heterocycles. The zero-order chi connectivity index (χ0) is 16.5. The number of carbonyl (C=O) groups excluding carboxylic acids is 1. The van der Waals surface area contributed by atoms with E-state index in [2.05, 4.69) is 27.0 Å². The molecule has 1 aromatic heterocycles. The van der Waals surface area contributed by atoms with Crippen LogP contribution in [-0.2, 0) is 17.9 Å². The number of carbonyl (C=O) groups is 1. The third-order valence-electron chi connectivity index (χ3n) is 5.07. The average molecular weight is 325 g/mol. The largest absolute Gasteiger partial charge is 0.333 e. The number of rotatable bonds is 2. The molecule has 6 nitrogen and oxygen atoms in total. The minimum Gasteiger partial charge on any atom is -0.333 e. The van der Waals surface area contributed by atoms with Gasteiger partial charge in [0.15, 0.2) is 11.6 Å². The smallest absolute Gasteiger partial charge is 0.226 e. The summed E-state index contributed by atoms with van der Waals surface area (Å²) in [5, 5.41) is 12.1. The van der Waals surface area contributed by atoms with Gasteiger partial charge in [-0.05, 0) is 26.3 Å². The van der Waals surface area contributed by atoms with Gasteiger partial charge in [0.1, 0.15) is 0 Å². The van der Waals surface area contributed by atoms with Gasteiger partial charge < -0.3 is 14.8 Å². The quantitative estimate of drug-likeness (QED) is 0.912. The van der Waals surface area contributed by atoms with Gasteiger partial charge in [0.25, 0.3) is 0 Å². The summed E-state index contributed by atoms with van der Waals surface area (Å²) in [6, 6.07) is 10.5. The number of hydrogen-bond donors (Lipinski definition) is 1. The standard InChI is InChI=1S/C18H23N5O/c1-13-11-15(7-8-19-13)18(24)22-9-10-23-16(12-22)20-21-17(23)14-5-3-2-4-6-14/h2-6,13,15,19H,7-12H2,1H3/t13-,15-/m0/s1. The molecular weight excluding hydrogens is 302 g/mol. The van der Waals surface area contributed by atoms with Crippen molar-refractivity contribution in [1.82, 2.24) is 25.0 Å². The topological polar surface area (TPSA) is 63.1 Å². The number of fused-ring (bicyclic) bond motifs is 1. The molecular formula is C18H23N5O. The van der Waals surface area contributed by atoms with E-state index in [-0.39, 0.29) is 11.8 Å². The molecule has 0 unspecified atom stereocenters. The summed E-state index contributed by atoms with van der Waals surface area (Å²) in [5.74, 6) is 2.20. The Hall–Kier alpha value is -2.21. The summed E-state index contributed by atoms with van der Waals surface area (Å²) in [6.45, 7) is 5.15. The number of nitrogens with zero attached hydrogens (tertiary/aromatic N) is 4. The van der Waals surface area contributed by atoms with Gasteiger partial charge in [-0.2, -0.15) is 0 Å². The van der Waals surface area contributed by atoms with Crippen LogP contribution in [0.3, 0.4) is 0 Å². The van der Waals surface area contributed by atoms with Crippen molar-refractivity contribution in [2.45, 2.75) is 38.9 Å². The maximum absolute atomic E-state index is 12.8. The highest BCUT2D eigenvalue weighted by Gasteiger charge is 2.31. The molecule has 1 aromatic carbocycles. The Bertz CT molecular complexity index is 726. The summed E-state index contributed by atoms with van der Waals surface area (Å²) >= 11 is 0. The van der Waals surface area contributed by atoms with E-state index >= 15 is 0 Å². The summed E-state index contributed by atoms with van der Waals surface area (Å²) in [5.41, 5.74) is 1.07. The molecule has 2 aromatic rings. The van der Waals surface area contributed by atoms with Gasteiger partial charge in [0.2, 0.25) is 5.91 Å². The molecule has 0 spiro atoms. The first kappa shape index (κ1) is 15.3. The van der Waals surface area contributed by atoms with Crippen LogP contribution < -0.4 is 5.32 Å². The zero-order valence-corrected chi connectivity index (χ0v) is 14.0. The zero-order valence-electron chi connectivity index (χ0n) is 14.0. The molecule has 2 aliphatic heterocycles. The van der Waals surface area contributed by atoms with Crippen molar-refractivity contribution in [2.24, 2.45) is 5.92 Å². The van der Waals surface area contributed by atoms with E-state index in [4.69, 9.17) is 0 Å². The Morgan fingerprint density at radius 2 is 2.04 bits per heavy atom. The normalized spacial score (nSPS) is 23.8. The Kier molecular flexibility index (Phi) is 4.06. The molecule has 0 aliphatic carbocycles. The highest BCUT2D eigenvalue weighted by Crippen LogP contribution is 2.24. The lowest BCUT2D eigenvalue weighted by atomic mass is 9.92. The Balaban J connectivity index is 1.51. The van der Waals surface area contributed by atoms with Gasteiger partial charge in [0, 0.05) is 30.6 Å². The number of piperidine rings is 1. The summed E-state index contributed by atoms with van der Waals surface area (Å²) in [6.07, 6.45) is 1.86. The molecule has 1 N–H and O–H groups in total. The van der Waals surface area contributed by atoms with Gasteiger partial charge >= 0.3 is 0 Å². The first-order valence-electron chi connectivity index (χ1n) is 8.72. The Morgan fingerprint density at radius 3 is 2.83 bits per heavy atom. The molecule has 2 aliphatic rings. The van der Waals surface area contributed by atoms with Crippen molar-refractivity contribution in [3.63, 3.8) is 0 Å². The first-order chi connectivity index (χ1) is 11.7. The van der Waals surface area contributed by atoms with Crippen LogP contribution in [0.4, 0.5) is 0 Å². The lowest BCUT2D eigenvalue weighted by molar-refractivity contribution is -0.138. The van der Waals surface area contributed by atoms with Crippen LogP contribution in [0.1, 0.15) is 25.6 Å². The molecule has 1 saturated heterocycles. The van der Waals surface area contributed by atoms with Crippen LogP contribution >= 0.6 is 0 Å². The molecule has 6 heteroatoms. The minimum atomic E-state index is 0.143. The number of aromatic nitrogens is 3. The maximum atomic E-state index is 12.8. The fourth-order valence-corrected chi connectivity index (χ4v) is 3.76. The fourth-order valence-electron chi connectivity index (χ4n) is 3.76. The second kappa shape index (κ2) is 6.36. The van der Waals surface area contributed by atoms with Crippen LogP contribution in [0.25, 0.3) is 11.4 Å². The lowest BCUT2D eigenvalue weighted by Gasteiger charge is -2.34. The van der Waals surface area contributed by atoms with Crippen molar-refractivity contribution in [3.05, 3.63) is 36.2 Å². The maximum Gasteiger partial charge on any atom is 0.226 e. The van der Waals surface area contributed by atoms with E-state index < -0.39 is 0 Å². The molecule has 2 atom stereocenters.